The quantitative estimate of drug-likeness (QED) is 0.559. The summed E-state index contributed by atoms with van der Waals surface area (Å²) in [6, 6.07) is 16.6. The standard InChI is InChI=1S/C27H25Cl2N3O2/c28-20-7-5-17-14-25(34)24(13-18-3-1-2-4-23(18)29)31-27(22(17)15-20)19-6-8-26(30-16-19)32-11-9-21(33)10-12-32/h1-8,15-16,21,24,33H,9-14H2. The molecule has 2 aliphatic rings. The maximum atomic E-state index is 13.2. The van der Waals surface area contributed by atoms with Gasteiger partial charge in [-0.3, -0.25) is 9.79 Å². The number of hydrogen-bond acceptors (Lipinski definition) is 5. The Morgan fingerprint density at radius 2 is 1.82 bits per heavy atom. The van der Waals surface area contributed by atoms with Crippen LogP contribution in [0, 0.1) is 0 Å². The summed E-state index contributed by atoms with van der Waals surface area (Å²) in [5.74, 6) is 0.926. The number of hydrogen-bond donors (Lipinski definition) is 1. The molecule has 0 spiro atoms. The van der Waals surface area contributed by atoms with E-state index in [-0.39, 0.29) is 18.3 Å². The Labute approximate surface area is 209 Å². The molecule has 1 atom stereocenters. The third-order valence-corrected chi connectivity index (χ3v) is 7.13. The second kappa shape index (κ2) is 9.87. The highest BCUT2D eigenvalue weighted by Gasteiger charge is 2.27. The van der Waals surface area contributed by atoms with Gasteiger partial charge in [-0.05, 0) is 54.3 Å². The molecule has 34 heavy (non-hydrogen) atoms. The average molecular weight is 494 g/mol. The summed E-state index contributed by atoms with van der Waals surface area (Å²) in [7, 11) is 0. The zero-order valence-electron chi connectivity index (χ0n) is 18.6. The fraction of sp³-hybridized carbons (Fsp3) is 0.296. The topological polar surface area (TPSA) is 65.8 Å². The maximum Gasteiger partial charge on any atom is 0.162 e. The molecular formula is C27H25Cl2N3O2. The number of aliphatic hydroxyl groups is 1. The van der Waals surface area contributed by atoms with Crippen LogP contribution < -0.4 is 4.90 Å². The van der Waals surface area contributed by atoms with E-state index in [1.807, 2.05) is 60.8 Å². The Hall–Kier alpha value is -2.73. The highest BCUT2D eigenvalue weighted by Crippen LogP contribution is 2.28. The minimum absolute atomic E-state index is 0.0509. The maximum absolute atomic E-state index is 13.2. The fourth-order valence-corrected chi connectivity index (χ4v) is 4.98. The predicted molar refractivity (Wildman–Crippen MR) is 136 cm³/mol. The Kier molecular flexibility index (Phi) is 6.68. The van der Waals surface area contributed by atoms with Gasteiger partial charge in [0.05, 0.1) is 11.8 Å². The molecule has 7 heteroatoms. The van der Waals surface area contributed by atoms with Gasteiger partial charge in [-0.15, -0.1) is 0 Å². The smallest absolute Gasteiger partial charge is 0.162 e. The lowest BCUT2D eigenvalue weighted by atomic mass is 9.95. The van der Waals surface area contributed by atoms with Crippen LogP contribution in [0.4, 0.5) is 5.82 Å². The number of benzene rings is 2. The second-order valence-electron chi connectivity index (χ2n) is 8.86. The van der Waals surface area contributed by atoms with Crippen LogP contribution in [0.3, 0.4) is 0 Å². The first-order valence-electron chi connectivity index (χ1n) is 11.5. The number of carbonyl (C=O) groups is 1. The summed E-state index contributed by atoms with van der Waals surface area (Å²) in [5, 5.41) is 11.0. The van der Waals surface area contributed by atoms with Crippen LogP contribution in [0.25, 0.3) is 0 Å². The molecule has 2 aliphatic heterocycles. The molecule has 0 amide bonds. The van der Waals surface area contributed by atoms with E-state index < -0.39 is 6.04 Å². The molecular weight excluding hydrogens is 469 g/mol. The van der Waals surface area contributed by atoms with Crippen LogP contribution in [-0.4, -0.2) is 46.8 Å². The molecule has 5 nitrogen and oxygen atoms in total. The van der Waals surface area contributed by atoms with E-state index in [2.05, 4.69) is 4.90 Å². The number of aliphatic hydroxyl groups excluding tert-OH is 1. The molecule has 3 aromatic rings. The summed E-state index contributed by atoms with van der Waals surface area (Å²) < 4.78 is 0. The number of rotatable bonds is 4. The van der Waals surface area contributed by atoms with Crippen LogP contribution in [0.2, 0.25) is 10.0 Å². The van der Waals surface area contributed by atoms with Gasteiger partial charge in [-0.25, -0.2) is 4.98 Å². The van der Waals surface area contributed by atoms with Gasteiger partial charge in [0, 0.05) is 53.3 Å². The van der Waals surface area contributed by atoms with Gasteiger partial charge in [0.1, 0.15) is 11.9 Å². The van der Waals surface area contributed by atoms with E-state index in [0.717, 1.165) is 54.0 Å². The Morgan fingerprint density at radius 1 is 1.03 bits per heavy atom. The van der Waals surface area contributed by atoms with E-state index >= 15 is 0 Å². The Bertz CT molecular complexity index is 1230. The highest BCUT2D eigenvalue weighted by molar-refractivity contribution is 6.32. The molecule has 5 rings (SSSR count). The third-order valence-electron chi connectivity index (χ3n) is 6.53. The first kappa shape index (κ1) is 23.0. The number of aliphatic imine (C=N–C) groups is 1. The molecule has 2 aromatic carbocycles. The van der Waals surface area contributed by atoms with E-state index in [9.17, 15) is 9.90 Å². The van der Waals surface area contributed by atoms with Gasteiger partial charge in [-0.2, -0.15) is 0 Å². The average Bonchev–Trinajstić information content (AvgIpc) is 2.97. The molecule has 1 N–H and O–H groups in total. The minimum Gasteiger partial charge on any atom is -0.393 e. The molecule has 1 fully saturated rings. The summed E-state index contributed by atoms with van der Waals surface area (Å²) in [4.78, 5) is 25.1. The zero-order chi connectivity index (χ0) is 23.7. The van der Waals surface area contributed by atoms with Crippen molar-refractivity contribution in [1.29, 1.82) is 0 Å². The number of carbonyl (C=O) groups excluding carboxylic acids is 1. The van der Waals surface area contributed by atoms with Crippen molar-refractivity contribution in [1.82, 2.24) is 4.98 Å². The first-order valence-corrected chi connectivity index (χ1v) is 12.3. The van der Waals surface area contributed by atoms with Crippen molar-refractivity contribution in [3.63, 3.8) is 0 Å². The van der Waals surface area contributed by atoms with Crippen molar-refractivity contribution >= 4 is 40.5 Å². The van der Waals surface area contributed by atoms with Crippen molar-refractivity contribution in [3.8, 4) is 0 Å². The molecule has 0 radical (unpaired) electrons. The Balaban J connectivity index is 1.52. The molecule has 1 unspecified atom stereocenters. The fourth-order valence-electron chi connectivity index (χ4n) is 4.60. The summed E-state index contributed by atoms with van der Waals surface area (Å²) >= 11 is 12.7. The summed E-state index contributed by atoms with van der Waals surface area (Å²) in [6.07, 6.45) is 3.79. The lowest BCUT2D eigenvalue weighted by molar-refractivity contribution is -0.119. The van der Waals surface area contributed by atoms with Gasteiger partial charge in [-0.1, -0.05) is 47.5 Å². The minimum atomic E-state index is -0.552. The van der Waals surface area contributed by atoms with Crippen molar-refractivity contribution in [3.05, 3.63) is 93.1 Å². The van der Waals surface area contributed by atoms with Gasteiger partial charge in [0.2, 0.25) is 0 Å². The summed E-state index contributed by atoms with van der Waals surface area (Å²) in [6.45, 7) is 1.56. The molecule has 1 saturated heterocycles. The SMILES string of the molecule is O=C1Cc2ccc(Cl)cc2C(c2ccc(N3CCC(O)CC3)nc2)=NC1Cc1ccccc1Cl. The van der Waals surface area contributed by atoms with Crippen molar-refractivity contribution in [2.24, 2.45) is 4.99 Å². The highest BCUT2D eigenvalue weighted by atomic mass is 35.5. The lowest BCUT2D eigenvalue weighted by Crippen LogP contribution is -2.36. The van der Waals surface area contributed by atoms with Crippen LogP contribution in [0.1, 0.15) is 35.1 Å². The molecule has 0 aliphatic carbocycles. The van der Waals surface area contributed by atoms with Crippen LogP contribution in [0.5, 0.6) is 0 Å². The predicted octanol–water partition coefficient (Wildman–Crippen LogP) is 4.92. The third kappa shape index (κ3) is 4.88. The van der Waals surface area contributed by atoms with Crippen LogP contribution >= 0.6 is 23.2 Å². The number of halogens is 2. The number of pyridine rings is 1. The monoisotopic (exact) mass is 493 g/mol. The van der Waals surface area contributed by atoms with E-state index in [0.29, 0.717) is 22.2 Å². The van der Waals surface area contributed by atoms with Gasteiger partial charge < -0.3 is 10.0 Å². The molecule has 3 heterocycles. The molecule has 0 saturated carbocycles. The van der Waals surface area contributed by atoms with E-state index in [1.165, 1.54) is 0 Å². The van der Waals surface area contributed by atoms with Crippen molar-refractivity contribution in [2.45, 2.75) is 37.8 Å². The van der Waals surface area contributed by atoms with Crippen molar-refractivity contribution in [2.75, 3.05) is 18.0 Å². The van der Waals surface area contributed by atoms with Gasteiger partial charge >= 0.3 is 0 Å². The largest absolute Gasteiger partial charge is 0.393 e. The second-order valence-corrected chi connectivity index (χ2v) is 9.70. The molecule has 0 bridgehead atoms. The summed E-state index contributed by atoms with van der Waals surface area (Å²) in [5.41, 5.74) is 4.22. The first-order chi connectivity index (χ1) is 16.5. The number of piperidine rings is 1. The van der Waals surface area contributed by atoms with Crippen LogP contribution in [-0.2, 0) is 17.6 Å². The van der Waals surface area contributed by atoms with E-state index in [1.54, 1.807) is 0 Å². The molecule has 1 aromatic heterocycles. The number of fused-ring (bicyclic) bond motifs is 1. The number of anilines is 1. The normalized spacial score (nSPS) is 18.9. The number of Topliss-reactive ketones (excluding diaryl/α,β-unsaturated/α-hetero) is 1. The van der Waals surface area contributed by atoms with Gasteiger partial charge in [0.15, 0.2) is 5.78 Å². The number of ketones is 1. The van der Waals surface area contributed by atoms with Crippen LogP contribution in [0.15, 0.2) is 65.8 Å². The number of aromatic nitrogens is 1. The number of nitrogens with zero attached hydrogens (tertiary/aromatic N) is 3. The van der Waals surface area contributed by atoms with Gasteiger partial charge in [0.25, 0.3) is 0 Å². The molecule has 174 valence electrons. The lowest BCUT2D eigenvalue weighted by Gasteiger charge is -2.30. The van der Waals surface area contributed by atoms with E-state index in [4.69, 9.17) is 33.2 Å². The Morgan fingerprint density at radius 3 is 2.56 bits per heavy atom. The zero-order valence-corrected chi connectivity index (χ0v) is 20.1. The van der Waals surface area contributed by atoms with Crippen molar-refractivity contribution < 1.29 is 9.90 Å².